The van der Waals surface area contributed by atoms with Gasteiger partial charge in [0.2, 0.25) is 5.91 Å². The monoisotopic (exact) mass is 240 g/mol. The van der Waals surface area contributed by atoms with Gasteiger partial charge in [0, 0.05) is 12.2 Å². The lowest BCUT2D eigenvalue weighted by Crippen LogP contribution is -2.19. The van der Waals surface area contributed by atoms with Crippen LogP contribution in [0, 0.1) is 5.41 Å². The minimum absolute atomic E-state index is 0.189. The van der Waals surface area contributed by atoms with Gasteiger partial charge in [0.05, 0.1) is 10.6 Å². The van der Waals surface area contributed by atoms with Crippen molar-refractivity contribution in [1.29, 1.82) is 0 Å². The van der Waals surface area contributed by atoms with E-state index in [1.165, 1.54) is 0 Å². The van der Waals surface area contributed by atoms with Gasteiger partial charge in [0.15, 0.2) is 0 Å². The number of amides is 1. The largest absolute Gasteiger partial charge is 0.384 e. The number of anilines is 1. The summed E-state index contributed by atoms with van der Waals surface area (Å²) in [6, 6.07) is 5.15. The number of hydrogen-bond donors (Lipinski definition) is 2. The topological polar surface area (TPSA) is 55.1 Å². The zero-order chi connectivity index (χ0) is 12.3. The molecule has 3 nitrogen and oxygen atoms in total. The van der Waals surface area contributed by atoms with Crippen LogP contribution in [0.4, 0.5) is 5.69 Å². The molecule has 0 radical (unpaired) electrons. The molecule has 0 saturated carbocycles. The van der Waals surface area contributed by atoms with E-state index in [1.807, 2.05) is 0 Å². The minimum Gasteiger partial charge on any atom is -0.384 e. The third kappa shape index (κ3) is 3.74. The molecule has 1 rings (SSSR count). The van der Waals surface area contributed by atoms with Crippen molar-refractivity contribution in [1.82, 2.24) is 0 Å². The molecule has 0 aliphatic heterocycles. The molecular formula is C12H17ClN2O. The summed E-state index contributed by atoms with van der Waals surface area (Å²) < 4.78 is 0. The third-order valence-corrected chi connectivity index (χ3v) is 2.37. The Kier molecular flexibility index (Phi) is 3.81. The normalized spacial score (nSPS) is 11.2. The van der Waals surface area contributed by atoms with Gasteiger partial charge in [0.25, 0.3) is 0 Å². The summed E-state index contributed by atoms with van der Waals surface area (Å²) >= 11 is 5.93. The molecule has 0 bridgehead atoms. The molecule has 0 spiro atoms. The third-order valence-electron chi connectivity index (χ3n) is 2.06. The van der Waals surface area contributed by atoms with Gasteiger partial charge in [-0.2, -0.15) is 0 Å². The van der Waals surface area contributed by atoms with Crippen molar-refractivity contribution in [3.63, 3.8) is 0 Å². The lowest BCUT2D eigenvalue weighted by molar-refractivity contribution is 0.100. The van der Waals surface area contributed by atoms with Gasteiger partial charge < -0.3 is 11.1 Å². The molecule has 1 amide bonds. The first-order valence-corrected chi connectivity index (χ1v) is 5.50. The van der Waals surface area contributed by atoms with Gasteiger partial charge in [-0.3, -0.25) is 4.79 Å². The Hall–Kier alpha value is -1.22. The molecule has 4 heteroatoms. The molecule has 1 aromatic rings. The number of halogens is 1. The predicted octanol–water partition coefficient (Wildman–Crippen LogP) is 2.90. The molecule has 0 fully saturated rings. The van der Waals surface area contributed by atoms with Crippen molar-refractivity contribution >= 4 is 23.2 Å². The van der Waals surface area contributed by atoms with Crippen molar-refractivity contribution in [2.24, 2.45) is 11.1 Å². The maximum atomic E-state index is 11.0. The van der Waals surface area contributed by atoms with E-state index >= 15 is 0 Å². The van der Waals surface area contributed by atoms with Crippen LogP contribution in [-0.2, 0) is 0 Å². The Morgan fingerprint density at radius 2 is 2.06 bits per heavy atom. The first kappa shape index (κ1) is 12.8. The number of primary amides is 1. The number of rotatable bonds is 3. The van der Waals surface area contributed by atoms with Gasteiger partial charge in [-0.05, 0) is 23.6 Å². The minimum atomic E-state index is -0.507. The average Bonchev–Trinajstić information content (AvgIpc) is 2.13. The van der Waals surface area contributed by atoms with E-state index in [4.69, 9.17) is 17.3 Å². The Morgan fingerprint density at radius 1 is 1.44 bits per heavy atom. The van der Waals surface area contributed by atoms with Crippen LogP contribution < -0.4 is 11.1 Å². The number of nitrogens with one attached hydrogen (secondary N) is 1. The van der Waals surface area contributed by atoms with Crippen molar-refractivity contribution in [3.8, 4) is 0 Å². The second-order valence-corrected chi connectivity index (χ2v) is 5.38. The first-order chi connectivity index (χ1) is 7.29. The summed E-state index contributed by atoms with van der Waals surface area (Å²) in [4.78, 5) is 11.0. The molecule has 0 atom stereocenters. The van der Waals surface area contributed by atoms with Gasteiger partial charge in [-0.25, -0.2) is 0 Å². The molecular weight excluding hydrogens is 224 g/mol. The molecule has 0 heterocycles. The van der Waals surface area contributed by atoms with E-state index in [1.54, 1.807) is 18.2 Å². The number of nitrogens with two attached hydrogens (primary N) is 1. The van der Waals surface area contributed by atoms with E-state index in [9.17, 15) is 4.79 Å². The fourth-order valence-electron chi connectivity index (χ4n) is 1.19. The summed E-state index contributed by atoms with van der Waals surface area (Å²) in [6.07, 6.45) is 0. The lowest BCUT2D eigenvalue weighted by atomic mass is 9.97. The Bertz CT molecular complexity index is 396. The van der Waals surface area contributed by atoms with Crippen LogP contribution >= 0.6 is 11.6 Å². The van der Waals surface area contributed by atoms with Gasteiger partial charge >= 0.3 is 0 Å². The molecule has 1 aromatic carbocycles. The van der Waals surface area contributed by atoms with Gasteiger partial charge in [-0.15, -0.1) is 0 Å². The lowest BCUT2D eigenvalue weighted by Gasteiger charge is -2.19. The van der Waals surface area contributed by atoms with Crippen molar-refractivity contribution in [2.75, 3.05) is 11.9 Å². The number of carbonyl (C=O) groups is 1. The fraction of sp³-hybridized carbons (Fsp3) is 0.417. The molecule has 16 heavy (non-hydrogen) atoms. The zero-order valence-corrected chi connectivity index (χ0v) is 10.6. The van der Waals surface area contributed by atoms with Crippen LogP contribution in [0.15, 0.2) is 18.2 Å². The Morgan fingerprint density at radius 3 is 2.50 bits per heavy atom. The summed E-state index contributed by atoms with van der Waals surface area (Å²) in [5, 5.41) is 3.64. The maximum absolute atomic E-state index is 11.0. The Balaban J connectivity index is 2.78. The SMILES string of the molecule is CC(C)(C)CNc1ccc(C(N)=O)c(Cl)c1. The highest BCUT2D eigenvalue weighted by molar-refractivity contribution is 6.34. The van der Waals surface area contributed by atoms with Crippen LogP contribution in [0.25, 0.3) is 0 Å². The second-order valence-electron chi connectivity index (χ2n) is 4.97. The zero-order valence-electron chi connectivity index (χ0n) is 9.80. The van der Waals surface area contributed by atoms with E-state index in [0.29, 0.717) is 10.6 Å². The molecule has 0 aliphatic carbocycles. The maximum Gasteiger partial charge on any atom is 0.250 e. The highest BCUT2D eigenvalue weighted by atomic mass is 35.5. The standard InChI is InChI=1S/C12H17ClN2O/c1-12(2,3)7-15-8-4-5-9(11(14)16)10(13)6-8/h4-6,15H,7H2,1-3H3,(H2,14,16). The molecule has 0 aliphatic rings. The van der Waals surface area contributed by atoms with E-state index in [0.717, 1.165) is 12.2 Å². The van der Waals surface area contributed by atoms with Crippen molar-refractivity contribution in [3.05, 3.63) is 28.8 Å². The van der Waals surface area contributed by atoms with Gasteiger partial charge in [0.1, 0.15) is 0 Å². The van der Waals surface area contributed by atoms with Crippen LogP contribution in [0.5, 0.6) is 0 Å². The predicted molar refractivity (Wildman–Crippen MR) is 67.9 cm³/mol. The highest BCUT2D eigenvalue weighted by Gasteiger charge is 2.11. The summed E-state index contributed by atoms with van der Waals surface area (Å²) in [5.74, 6) is -0.507. The quantitative estimate of drug-likeness (QED) is 0.854. The van der Waals surface area contributed by atoms with E-state index in [-0.39, 0.29) is 5.41 Å². The summed E-state index contributed by atoms with van der Waals surface area (Å²) in [5.41, 5.74) is 6.60. The number of benzene rings is 1. The van der Waals surface area contributed by atoms with Crippen LogP contribution in [0.2, 0.25) is 5.02 Å². The molecule has 0 aromatic heterocycles. The van der Waals surface area contributed by atoms with Crippen LogP contribution in [0.1, 0.15) is 31.1 Å². The summed E-state index contributed by atoms with van der Waals surface area (Å²) in [7, 11) is 0. The van der Waals surface area contributed by atoms with Crippen LogP contribution in [0.3, 0.4) is 0 Å². The molecule has 3 N–H and O–H groups in total. The molecule has 88 valence electrons. The number of hydrogen-bond acceptors (Lipinski definition) is 2. The Labute approximate surface area is 101 Å². The first-order valence-electron chi connectivity index (χ1n) is 5.13. The second kappa shape index (κ2) is 4.74. The molecule has 0 saturated heterocycles. The highest BCUT2D eigenvalue weighted by Crippen LogP contribution is 2.22. The summed E-state index contributed by atoms with van der Waals surface area (Å²) in [6.45, 7) is 7.25. The number of carbonyl (C=O) groups excluding carboxylic acids is 1. The molecule has 0 unspecified atom stereocenters. The van der Waals surface area contributed by atoms with Crippen molar-refractivity contribution in [2.45, 2.75) is 20.8 Å². The van der Waals surface area contributed by atoms with E-state index < -0.39 is 5.91 Å². The van der Waals surface area contributed by atoms with E-state index in [2.05, 4.69) is 26.1 Å². The smallest absolute Gasteiger partial charge is 0.250 e. The average molecular weight is 241 g/mol. The van der Waals surface area contributed by atoms with Gasteiger partial charge in [-0.1, -0.05) is 32.4 Å². The van der Waals surface area contributed by atoms with Crippen molar-refractivity contribution < 1.29 is 4.79 Å². The van der Waals surface area contributed by atoms with Crippen LogP contribution in [-0.4, -0.2) is 12.5 Å². The fourth-order valence-corrected chi connectivity index (χ4v) is 1.47.